The second kappa shape index (κ2) is 9.08. The first-order chi connectivity index (χ1) is 11.6. The average molecular weight is 345 g/mol. The Bertz CT molecular complexity index is 672. The zero-order valence-electron chi connectivity index (χ0n) is 13.6. The lowest BCUT2D eigenvalue weighted by molar-refractivity contribution is -0.116. The third kappa shape index (κ3) is 5.39. The van der Waals surface area contributed by atoms with Crippen molar-refractivity contribution in [3.05, 3.63) is 65.7 Å². The number of hydrogen-bond acceptors (Lipinski definition) is 2. The van der Waals surface area contributed by atoms with Crippen molar-refractivity contribution < 1.29 is 9.59 Å². The van der Waals surface area contributed by atoms with Crippen molar-refractivity contribution >= 4 is 29.1 Å². The lowest BCUT2D eigenvalue weighted by Gasteiger charge is -2.14. The molecule has 2 aromatic rings. The van der Waals surface area contributed by atoms with Gasteiger partial charge in [-0.15, -0.1) is 11.6 Å². The van der Waals surface area contributed by atoms with Gasteiger partial charge >= 0.3 is 0 Å². The van der Waals surface area contributed by atoms with Gasteiger partial charge in [-0.1, -0.05) is 30.3 Å². The minimum absolute atomic E-state index is 0.0753. The van der Waals surface area contributed by atoms with Crippen LogP contribution in [0.25, 0.3) is 0 Å². The van der Waals surface area contributed by atoms with E-state index in [1.54, 1.807) is 24.3 Å². The van der Waals surface area contributed by atoms with Crippen molar-refractivity contribution in [2.24, 2.45) is 0 Å². The molecule has 0 radical (unpaired) electrons. The lowest BCUT2D eigenvalue weighted by Crippen LogP contribution is -2.26. The van der Waals surface area contributed by atoms with Crippen LogP contribution in [0.2, 0.25) is 0 Å². The van der Waals surface area contributed by atoms with Crippen molar-refractivity contribution in [3.63, 3.8) is 0 Å². The maximum atomic E-state index is 12.3. The van der Waals surface area contributed by atoms with E-state index in [0.29, 0.717) is 30.0 Å². The van der Waals surface area contributed by atoms with E-state index >= 15 is 0 Å². The second-order valence-electron chi connectivity index (χ2n) is 5.52. The molecule has 0 bridgehead atoms. The summed E-state index contributed by atoms with van der Waals surface area (Å²) in [5.41, 5.74) is 2.27. The van der Waals surface area contributed by atoms with Crippen molar-refractivity contribution in [2.45, 2.75) is 25.8 Å². The number of rotatable bonds is 7. The molecule has 2 rings (SSSR count). The molecule has 0 saturated carbocycles. The zero-order chi connectivity index (χ0) is 17.4. The highest BCUT2D eigenvalue weighted by atomic mass is 35.5. The van der Waals surface area contributed by atoms with Crippen molar-refractivity contribution in [1.29, 1.82) is 0 Å². The van der Waals surface area contributed by atoms with Gasteiger partial charge in [-0.25, -0.2) is 0 Å². The summed E-state index contributed by atoms with van der Waals surface area (Å²) in [6.07, 6.45) is 1.03. The van der Waals surface area contributed by atoms with E-state index in [1.165, 1.54) is 0 Å². The molecule has 5 heteroatoms. The van der Waals surface area contributed by atoms with Crippen LogP contribution in [-0.4, -0.2) is 17.7 Å². The first-order valence-corrected chi connectivity index (χ1v) is 8.45. The van der Waals surface area contributed by atoms with Crippen LogP contribution >= 0.6 is 11.6 Å². The molecule has 0 aliphatic carbocycles. The molecule has 1 atom stereocenters. The fraction of sp³-hybridized carbons (Fsp3) is 0.263. The number of carbonyl (C=O) groups excluding carboxylic acids is 2. The number of alkyl halides is 1. The Hall–Kier alpha value is -2.33. The predicted octanol–water partition coefficient (Wildman–Crippen LogP) is 4.14. The molecule has 2 aromatic carbocycles. The standard InChI is InChI=1S/C19H21ClN2O2/c1-14(15-6-3-2-4-7-15)21-19(24)16-9-11-17(12-10-16)22-18(23)8-5-13-20/h2-4,6-7,9-12,14H,5,8,13H2,1H3,(H,21,24)(H,22,23). The van der Waals surface area contributed by atoms with Gasteiger partial charge in [-0.2, -0.15) is 0 Å². The SMILES string of the molecule is CC(NC(=O)c1ccc(NC(=O)CCCCl)cc1)c1ccccc1. The topological polar surface area (TPSA) is 58.2 Å². The van der Waals surface area contributed by atoms with Gasteiger partial charge in [0.25, 0.3) is 5.91 Å². The van der Waals surface area contributed by atoms with Crippen LogP contribution in [0.1, 0.15) is 41.7 Å². The summed E-state index contributed by atoms with van der Waals surface area (Å²) < 4.78 is 0. The van der Waals surface area contributed by atoms with Crippen molar-refractivity contribution in [1.82, 2.24) is 5.32 Å². The summed E-state index contributed by atoms with van der Waals surface area (Å²) in [7, 11) is 0. The smallest absolute Gasteiger partial charge is 0.251 e. The Kier molecular flexibility index (Phi) is 6.82. The molecule has 0 heterocycles. The molecule has 2 amide bonds. The van der Waals surface area contributed by atoms with Gasteiger partial charge in [0.15, 0.2) is 0 Å². The molecular formula is C19H21ClN2O2. The molecular weight excluding hydrogens is 324 g/mol. The molecule has 0 aromatic heterocycles. The zero-order valence-corrected chi connectivity index (χ0v) is 14.3. The molecule has 0 aliphatic rings. The van der Waals surface area contributed by atoms with Crippen LogP contribution in [0.4, 0.5) is 5.69 Å². The minimum Gasteiger partial charge on any atom is -0.346 e. The maximum absolute atomic E-state index is 12.3. The molecule has 126 valence electrons. The van der Waals surface area contributed by atoms with E-state index in [2.05, 4.69) is 10.6 Å². The molecule has 0 fully saturated rings. The van der Waals surface area contributed by atoms with Gasteiger partial charge in [0.2, 0.25) is 5.91 Å². The van der Waals surface area contributed by atoms with Gasteiger partial charge in [-0.3, -0.25) is 9.59 Å². The van der Waals surface area contributed by atoms with Crippen LogP contribution in [-0.2, 0) is 4.79 Å². The van der Waals surface area contributed by atoms with E-state index in [4.69, 9.17) is 11.6 Å². The lowest BCUT2D eigenvalue weighted by atomic mass is 10.1. The summed E-state index contributed by atoms with van der Waals surface area (Å²) >= 11 is 5.57. The van der Waals surface area contributed by atoms with Gasteiger partial charge in [-0.05, 0) is 43.2 Å². The maximum Gasteiger partial charge on any atom is 0.251 e. The Morgan fingerprint density at radius 2 is 1.71 bits per heavy atom. The second-order valence-corrected chi connectivity index (χ2v) is 5.90. The van der Waals surface area contributed by atoms with Gasteiger partial charge in [0, 0.05) is 23.6 Å². The highest BCUT2D eigenvalue weighted by Gasteiger charge is 2.11. The number of halogens is 1. The predicted molar refractivity (Wildman–Crippen MR) is 97.3 cm³/mol. The van der Waals surface area contributed by atoms with Crippen LogP contribution in [0.5, 0.6) is 0 Å². The number of carbonyl (C=O) groups is 2. The van der Waals surface area contributed by atoms with Crippen LogP contribution in [0.15, 0.2) is 54.6 Å². The highest BCUT2D eigenvalue weighted by Crippen LogP contribution is 2.14. The summed E-state index contributed by atoms with van der Waals surface area (Å²) in [5.74, 6) is 0.239. The van der Waals surface area contributed by atoms with Crippen LogP contribution in [0.3, 0.4) is 0 Å². The fourth-order valence-electron chi connectivity index (χ4n) is 2.26. The Labute approximate surface area is 147 Å². The van der Waals surface area contributed by atoms with Gasteiger partial charge in [0.1, 0.15) is 0 Å². The molecule has 24 heavy (non-hydrogen) atoms. The highest BCUT2D eigenvalue weighted by molar-refractivity contribution is 6.18. The molecule has 2 N–H and O–H groups in total. The average Bonchev–Trinajstić information content (AvgIpc) is 2.61. The summed E-state index contributed by atoms with van der Waals surface area (Å²) in [5, 5.41) is 5.74. The fourth-order valence-corrected chi connectivity index (χ4v) is 2.39. The Morgan fingerprint density at radius 3 is 2.33 bits per heavy atom. The van der Waals surface area contributed by atoms with Crippen LogP contribution < -0.4 is 10.6 Å². The van der Waals surface area contributed by atoms with Gasteiger partial charge < -0.3 is 10.6 Å². The third-order valence-corrected chi connectivity index (χ3v) is 3.88. The van der Waals surface area contributed by atoms with E-state index in [-0.39, 0.29) is 17.9 Å². The number of hydrogen-bond donors (Lipinski definition) is 2. The first kappa shape index (κ1) is 18.0. The molecule has 0 spiro atoms. The monoisotopic (exact) mass is 344 g/mol. The molecule has 1 unspecified atom stereocenters. The number of nitrogens with one attached hydrogen (secondary N) is 2. The van der Waals surface area contributed by atoms with Crippen molar-refractivity contribution in [3.8, 4) is 0 Å². The minimum atomic E-state index is -0.147. The van der Waals surface area contributed by atoms with E-state index in [0.717, 1.165) is 5.56 Å². The summed E-state index contributed by atoms with van der Waals surface area (Å²) in [6.45, 7) is 1.94. The Morgan fingerprint density at radius 1 is 1.04 bits per heavy atom. The van der Waals surface area contributed by atoms with Crippen LogP contribution in [0, 0.1) is 0 Å². The normalized spacial score (nSPS) is 11.6. The molecule has 4 nitrogen and oxygen atoms in total. The Balaban J connectivity index is 1.92. The van der Waals surface area contributed by atoms with E-state index in [9.17, 15) is 9.59 Å². The summed E-state index contributed by atoms with van der Waals surface area (Å²) in [6, 6.07) is 16.6. The summed E-state index contributed by atoms with van der Waals surface area (Å²) in [4.78, 5) is 23.9. The van der Waals surface area contributed by atoms with Crippen molar-refractivity contribution in [2.75, 3.05) is 11.2 Å². The number of benzene rings is 2. The molecule has 0 saturated heterocycles. The van der Waals surface area contributed by atoms with Gasteiger partial charge in [0.05, 0.1) is 6.04 Å². The third-order valence-electron chi connectivity index (χ3n) is 3.62. The first-order valence-electron chi connectivity index (χ1n) is 7.92. The molecule has 0 aliphatic heterocycles. The number of anilines is 1. The number of amides is 2. The largest absolute Gasteiger partial charge is 0.346 e. The van der Waals surface area contributed by atoms with E-state index < -0.39 is 0 Å². The quantitative estimate of drug-likeness (QED) is 0.742. The van der Waals surface area contributed by atoms with E-state index in [1.807, 2.05) is 37.3 Å².